The molecule has 0 spiro atoms. The Bertz CT molecular complexity index is 668. The molecule has 2 amide bonds. The first-order chi connectivity index (χ1) is 13.6. The van der Waals surface area contributed by atoms with Crippen molar-refractivity contribution in [1.82, 2.24) is 10.2 Å². The van der Waals surface area contributed by atoms with Crippen molar-refractivity contribution in [2.75, 3.05) is 57.3 Å². The van der Waals surface area contributed by atoms with E-state index in [2.05, 4.69) is 10.2 Å². The van der Waals surface area contributed by atoms with Gasteiger partial charge in [0.25, 0.3) is 5.91 Å². The number of phenols is 1. The van der Waals surface area contributed by atoms with E-state index in [0.717, 1.165) is 44.7 Å². The van der Waals surface area contributed by atoms with Gasteiger partial charge < -0.3 is 29.9 Å². The minimum Gasteiger partial charge on any atom is -0.506 e. The number of quaternary nitrogens is 1. The lowest BCUT2D eigenvalue weighted by atomic mass is 10.1. The third-order valence-corrected chi connectivity index (χ3v) is 5.49. The second-order valence-corrected chi connectivity index (χ2v) is 7.43. The Hall–Kier alpha value is -2.48. The van der Waals surface area contributed by atoms with Crippen LogP contribution in [0.5, 0.6) is 5.75 Å². The fourth-order valence-electron chi connectivity index (χ4n) is 3.90. The van der Waals surface area contributed by atoms with Crippen molar-refractivity contribution in [1.29, 1.82) is 0 Å². The zero-order valence-corrected chi connectivity index (χ0v) is 16.5. The Morgan fingerprint density at radius 3 is 2.50 bits per heavy atom. The monoisotopic (exact) mass is 391 g/mol. The molecule has 3 N–H and O–H groups in total. The fourth-order valence-corrected chi connectivity index (χ4v) is 3.90. The molecule has 0 radical (unpaired) electrons. The molecule has 1 aromatic rings. The molecule has 0 saturated carbocycles. The number of para-hydroxylation sites is 2. The van der Waals surface area contributed by atoms with Gasteiger partial charge in [-0.2, -0.15) is 0 Å². The van der Waals surface area contributed by atoms with Crippen LogP contribution in [0.3, 0.4) is 0 Å². The molecule has 2 saturated heterocycles. The SMILES string of the molecule is CCOC(=O)N1CCC(NC(=O)C[NH+]2CCN(c3ccccc3O)CC2)CC1. The van der Waals surface area contributed by atoms with Gasteiger partial charge in [-0.25, -0.2) is 4.79 Å². The molecule has 28 heavy (non-hydrogen) atoms. The van der Waals surface area contributed by atoms with E-state index in [4.69, 9.17) is 4.74 Å². The predicted molar refractivity (Wildman–Crippen MR) is 106 cm³/mol. The van der Waals surface area contributed by atoms with Crippen molar-refractivity contribution in [3.05, 3.63) is 24.3 Å². The normalized spacial score (nSPS) is 18.8. The van der Waals surface area contributed by atoms with Crippen molar-refractivity contribution in [3.63, 3.8) is 0 Å². The van der Waals surface area contributed by atoms with Crippen molar-refractivity contribution < 1.29 is 24.3 Å². The summed E-state index contributed by atoms with van der Waals surface area (Å²) in [6.07, 6.45) is 1.26. The summed E-state index contributed by atoms with van der Waals surface area (Å²) < 4.78 is 5.02. The van der Waals surface area contributed by atoms with E-state index < -0.39 is 0 Å². The molecule has 0 atom stereocenters. The number of nitrogens with one attached hydrogen (secondary N) is 2. The van der Waals surface area contributed by atoms with E-state index in [1.54, 1.807) is 17.9 Å². The number of piperidine rings is 1. The van der Waals surface area contributed by atoms with Gasteiger partial charge in [-0.1, -0.05) is 12.1 Å². The summed E-state index contributed by atoms with van der Waals surface area (Å²) in [5, 5.41) is 13.1. The van der Waals surface area contributed by atoms with Crippen LogP contribution in [0.2, 0.25) is 0 Å². The zero-order valence-electron chi connectivity index (χ0n) is 16.5. The number of carbonyl (C=O) groups excluding carboxylic acids is 2. The lowest BCUT2D eigenvalue weighted by molar-refractivity contribution is -0.892. The molecule has 2 aliphatic heterocycles. The highest BCUT2D eigenvalue weighted by molar-refractivity contribution is 5.77. The number of anilines is 1. The highest BCUT2D eigenvalue weighted by Crippen LogP contribution is 2.25. The molecule has 8 nitrogen and oxygen atoms in total. The smallest absolute Gasteiger partial charge is 0.409 e. The summed E-state index contributed by atoms with van der Waals surface area (Å²) >= 11 is 0. The zero-order chi connectivity index (χ0) is 19.9. The lowest BCUT2D eigenvalue weighted by Crippen LogP contribution is -3.16. The van der Waals surface area contributed by atoms with Crippen LogP contribution in [0.1, 0.15) is 19.8 Å². The molecule has 0 aromatic heterocycles. The van der Waals surface area contributed by atoms with Gasteiger partial charge >= 0.3 is 6.09 Å². The van der Waals surface area contributed by atoms with E-state index >= 15 is 0 Å². The summed E-state index contributed by atoms with van der Waals surface area (Å²) in [5.41, 5.74) is 0.861. The molecule has 154 valence electrons. The quantitative estimate of drug-likeness (QED) is 0.649. The number of rotatable bonds is 5. The third-order valence-electron chi connectivity index (χ3n) is 5.49. The minimum absolute atomic E-state index is 0.0700. The first kappa shape index (κ1) is 20.3. The van der Waals surface area contributed by atoms with Crippen LogP contribution >= 0.6 is 0 Å². The highest BCUT2D eigenvalue weighted by atomic mass is 16.6. The van der Waals surface area contributed by atoms with Gasteiger partial charge in [-0.3, -0.25) is 4.79 Å². The topological polar surface area (TPSA) is 86.5 Å². The van der Waals surface area contributed by atoms with Crippen molar-refractivity contribution in [3.8, 4) is 5.75 Å². The van der Waals surface area contributed by atoms with Gasteiger partial charge in [-0.05, 0) is 31.9 Å². The number of amides is 2. The first-order valence-corrected chi connectivity index (χ1v) is 10.1. The number of hydrogen-bond acceptors (Lipinski definition) is 5. The van der Waals surface area contributed by atoms with E-state index in [1.807, 2.05) is 18.2 Å². The van der Waals surface area contributed by atoms with Gasteiger partial charge in [0.15, 0.2) is 6.54 Å². The lowest BCUT2D eigenvalue weighted by Gasteiger charge is -2.34. The van der Waals surface area contributed by atoms with Crippen LogP contribution in [0.15, 0.2) is 24.3 Å². The Balaban J connectivity index is 1.37. The van der Waals surface area contributed by atoms with Gasteiger partial charge in [0.05, 0.1) is 38.5 Å². The molecule has 2 heterocycles. The van der Waals surface area contributed by atoms with Crippen LogP contribution in [0.25, 0.3) is 0 Å². The summed E-state index contributed by atoms with van der Waals surface area (Å²) in [6, 6.07) is 7.50. The Labute approximate surface area is 166 Å². The molecule has 8 heteroatoms. The Morgan fingerprint density at radius 1 is 1.18 bits per heavy atom. The number of ether oxygens (including phenoxy) is 1. The van der Waals surface area contributed by atoms with E-state index in [1.165, 1.54) is 4.90 Å². The van der Waals surface area contributed by atoms with Crippen LogP contribution in [0, 0.1) is 0 Å². The number of hydrogen-bond donors (Lipinski definition) is 3. The highest BCUT2D eigenvalue weighted by Gasteiger charge is 2.27. The summed E-state index contributed by atoms with van der Waals surface area (Å²) in [7, 11) is 0. The molecule has 0 unspecified atom stereocenters. The maximum absolute atomic E-state index is 12.4. The average molecular weight is 391 g/mol. The maximum Gasteiger partial charge on any atom is 0.409 e. The fraction of sp³-hybridized carbons (Fsp3) is 0.600. The average Bonchev–Trinajstić information content (AvgIpc) is 2.70. The standard InChI is InChI=1S/C20H30N4O4/c1-2-28-20(27)24-9-7-16(8-10-24)21-19(26)15-22-11-13-23(14-12-22)17-5-3-4-6-18(17)25/h3-6,16,25H,2,7-15H2,1H3,(H,21,26)/p+1. The van der Waals surface area contributed by atoms with Crippen molar-refractivity contribution in [2.45, 2.75) is 25.8 Å². The summed E-state index contributed by atoms with van der Waals surface area (Å²) in [5.74, 6) is 0.374. The molecule has 0 bridgehead atoms. The number of aromatic hydroxyl groups is 1. The minimum atomic E-state index is -0.265. The van der Waals surface area contributed by atoms with Crippen LogP contribution < -0.4 is 15.1 Å². The first-order valence-electron chi connectivity index (χ1n) is 10.1. The molecule has 0 aliphatic carbocycles. The number of phenolic OH excluding ortho intramolecular Hbond substituents is 1. The van der Waals surface area contributed by atoms with Crippen LogP contribution in [0.4, 0.5) is 10.5 Å². The molecular weight excluding hydrogens is 360 g/mol. The van der Waals surface area contributed by atoms with Gasteiger partial charge in [0.2, 0.25) is 0 Å². The Kier molecular flexibility index (Phi) is 6.97. The number of benzene rings is 1. The maximum atomic E-state index is 12.4. The Morgan fingerprint density at radius 2 is 1.86 bits per heavy atom. The number of carbonyl (C=O) groups is 2. The number of piperazine rings is 1. The van der Waals surface area contributed by atoms with E-state index in [-0.39, 0.29) is 18.0 Å². The van der Waals surface area contributed by atoms with E-state index in [9.17, 15) is 14.7 Å². The second-order valence-electron chi connectivity index (χ2n) is 7.43. The molecule has 2 fully saturated rings. The predicted octanol–water partition coefficient (Wildman–Crippen LogP) is -0.166. The van der Waals surface area contributed by atoms with Crippen LogP contribution in [-0.4, -0.2) is 80.5 Å². The van der Waals surface area contributed by atoms with Gasteiger partial charge in [-0.15, -0.1) is 0 Å². The molecule has 2 aliphatic rings. The summed E-state index contributed by atoms with van der Waals surface area (Å²) in [6.45, 7) is 7.26. The van der Waals surface area contributed by atoms with E-state index in [0.29, 0.717) is 32.0 Å². The van der Waals surface area contributed by atoms with Crippen LogP contribution in [-0.2, 0) is 9.53 Å². The third kappa shape index (κ3) is 5.28. The van der Waals surface area contributed by atoms with Gasteiger partial charge in [0, 0.05) is 19.1 Å². The number of likely N-dealkylation sites (tertiary alicyclic amines) is 1. The van der Waals surface area contributed by atoms with Gasteiger partial charge in [0.1, 0.15) is 5.75 Å². The van der Waals surface area contributed by atoms with Crippen molar-refractivity contribution in [2.24, 2.45) is 0 Å². The molecule has 1 aromatic carbocycles. The summed E-state index contributed by atoms with van der Waals surface area (Å²) in [4.78, 5) is 29.3. The second kappa shape index (κ2) is 9.64. The molecular formula is C20H31N4O4+. The molecule has 3 rings (SSSR count). The number of nitrogens with zero attached hydrogens (tertiary/aromatic N) is 2. The largest absolute Gasteiger partial charge is 0.506 e. The van der Waals surface area contributed by atoms with Crippen molar-refractivity contribution >= 4 is 17.7 Å².